The number of β-amino-alcohol motifs (C(OH)–C–C–N with tert-alkyl or cyclic N) is 1. The molecule has 3 N–H and O–H groups in total. The summed E-state index contributed by atoms with van der Waals surface area (Å²) in [5.74, 6) is -3.12. The zero-order valence-corrected chi connectivity index (χ0v) is 23.5. The number of hydrogen-bond donors (Lipinski definition) is 3. The summed E-state index contributed by atoms with van der Waals surface area (Å²) in [6.07, 6.45) is 5.79. The normalized spacial score (nSPS) is 24.3. The molecule has 0 radical (unpaired) electrons. The summed E-state index contributed by atoms with van der Waals surface area (Å²) >= 11 is 0. The van der Waals surface area contributed by atoms with Gasteiger partial charge in [-0.3, -0.25) is 4.98 Å². The number of piperidine rings is 1. The van der Waals surface area contributed by atoms with Crippen molar-refractivity contribution in [1.29, 1.82) is 0 Å². The lowest BCUT2D eigenvalue weighted by atomic mass is 9.76. The van der Waals surface area contributed by atoms with Crippen LogP contribution in [0, 0.1) is 22.9 Å². The number of pyridine rings is 1. The minimum Gasteiger partial charge on any atom is -0.508 e. The van der Waals surface area contributed by atoms with Crippen LogP contribution in [-0.2, 0) is 4.74 Å². The predicted octanol–water partition coefficient (Wildman–Crippen LogP) is 4.47. The Labute approximate surface area is 245 Å². The van der Waals surface area contributed by atoms with Crippen molar-refractivity contribution in [1.82, 2.24) is 20.3 Å². The second kappa shape index (κ2) is 11.1. The highest BCUT2D eigenvalue weighted by Crippen LogP contribution is 2.45. The van der Waals surface area contributed by atoms with Crippen molar-refractivity contribution in [2.45, 2.75) is 44.2 Å². The van der Waals surface area contributed by atoms with E-state index < -0.39 is 23.6 Å². The number of nitrogens with zero attached hydrogens (tertiary/aromatic N) is 4. The molecule has 4 aromatic rings. The van der Waals surface area contributed by atoms with Gasteiger partial charge in [-0.2, -0.15) is 9.97 Å². The number of hydrogen-bond acceptors (Lipinski definition) is 9. The Morgan fingerprint density at radius 1 is 1.12 bits per heavy atom. The lowest BCUT2D eigenvalue weighted by molar-refractivity contribution is 0.0597. The molecule has 0 amide bonds. The number of halogens is 3. The first-order valence-electron chi connectivity index (χ1n) is 14.7. The molecule has 3 atom stereocenters. The zero-order chi connectivity index (χ0) is 29.7. The molecule has 1 aliphatic carbocycles. The molecule has 0 spiro atoms. The van der Waals surface area contributed by atoms with E-state index in [1.807, 2.05) is 0 Å². The molecule has 7 rings (SSSR count). The fourth-order valence-electron chi connectivity index (χ4n) is 6.99. The molecular formula is C31H32F3N5O4. The van der Waals surface area contributed by atoms with E-state index in [1.165, 1.54) is 18.3 Å². The van der Waals surface area contributed by atoms with Gasteiger partial charge in [0.2, 0.25) is 0 Å². The Hall–Kier alpha value is -3.74. The summed E-state index contributed by atoms with van der Waals surface area (Å²) in [6, 6.07) is 4.99. The van der Waals surface area contributed by atoms with Gasteiger partial charge in [-0.1, -0.05) is 12.5 Å². The van der Waals surface area contributed by atoms with Gasteiger partial charge < -0.3 is 29.9 Å². The number of aromatic nitrogens is 3. The van der Waals surface area contributed by atoms with Crippen LogP contribution in [0.2, 0.25) is 0 Å². The third-order valence-electron chi connectivity index (χ3n) is 9.07. The molecule has 226 valence electrons. The Bertz CT molecular complexity index is 1710. The SMILES string of the molecule is Oc1cc(-c2ncc3c(N4CCOCC(O)C4)nc(OCC45CCCNC4CCC5)nc3c2F)c2c(F)c(F)ccc2c1. The van der Waals surface area contributed by atoms with Crippen molar-refractivity contribution in [3.63, 3.8) is 0 Å². The molecule has 2 aromatic carbocycles. The van der Waals surface area contributed by atoms with Gasteiger partial charge in [0.25, 0.3) is 0 Å². The molecule has 2 aromatic heterocycles. The van der Waals surface area contributed by atoms with Crippen LogP contribution in [0.25, 0.3) is 32.9 Å². The van der Waals surface area contributed by atoms with Crippen LogP contribution >= 0.6 is 0 Å². The van der Waals surface area contributed by atoms with Crippen LogP contribution in [0.3, 0.4) is 0 Å². The lowest BCUT2D eigenvalue weighted by Crippen LogP contribution is -2.49. The molecule has 9 nitrogen and oxygen atoms in total. The molecule has 2 aliphatic heterocycles. The van der Waals surface area contributed by atoms with Gasteiger partial charge in [0.15, 0.2) is 17.5 Å². The Kier molecular flexibility index (Phi) is 7.22. The molecule has 3 unspecified atom stereocenters. The van der Waals surface area contributed by atoms with Crippen LogP contribution < -0.4 is 15.0 Å². The highest BCUT2D eigenvalue weighted by Gasteiger charge is 2.45. The third-order valence-corrected chi connectivity index (χ3v) is 9.07. The van der Waals surface area contributed by atoms with Crippen LogP contribution in [0.5, 0.6) is 11.8 Å². The lowest BCUT2D eigenvalue weighted by Gasteiger charge is -2.39. The van der Waals surface area contributed by atoms with E-state index in [-0.39, 0.29) is 63.3 Å². The van der Waals surface area contributed by atoms with Crippen molar-refractivity contribution in [2.75, 3.05) is 44.4 Å². The summed E-state index contributed by atoms with van der Waals surface area (Å²) in [7, 11) is 0. The van der Waals surface area contributed by atoms with E-state index in [0.29, 0.717) is 31.6 Å². The summed E-state index contributed by atoms with van der Waals surface area (Å²) in [5.41, 5.74) is -0.611. The summed E-state index contributed by atoms with van der Waals surface area (Å²) in [6.45, 7) is 2.38. The highest BCUT2D eigenvalue weighted by molar-refractivity contribution is 6.00. The first-order valence-corrected chi connectivity index (χ1v) is 14.7. The van der Waals surface area contributed by atoms with Gasteiger partial charge in [0.05, 0.1) is 31.3 Å². The molecule has 2 saturated heterocycles. The molecule has 3 fully saturated rings. The first kappa shape index (κ1) is 28.1. The number of nitrogens with one attached hydrogen (secondary N) is 1. The molecule has 4 heterocycles. The predicted molar refractivity (Wildman–Crippen MR) is 154 cm³/mol. The van der Waals surface area contributed by atoms with E-state index in [0.717, 1.165) is 50.8 Å². The second-order valence-corrected chi connectivity index (χ2v) is 11.8. The largest absolute Gasteiger partial charge is 0.508 e. The van der Waals surface area contributed by atoms with Gasteiger partial charge in [0, 0.05) is 41.7 Å². The van der Waals surface area contributed by atoms with E-state index in [1.54, 1.807) is 4.90 Å². The third kappa shape index (κ3) is 5.00. The Morgan fingerprint density at radius 3 is 2.86 bits per heavy atom. The van der Waals surface area contributed by atoms with Crippen LogP contribution in [0.1, 0.15) is 32.1 Å². The maximum Gasteiger partial charge on any atom is 0.319 e. The summed E-state index contributed by atoms with van der Waals surface area (Å²) < 4.78 is 57.6. The van der Waals surface area contributed by atoms with Crippen LogP contribution in [-0.4, -0.2) is 76.8 Å². The van der Waals surface area contributed by atoms with Crippen LogP contribution in [0.15, 0.2) is 30.5 Å². The number of rotatable bonds is 5. The number of benzene rings is 2. The van der Waals surface area contributed by atoms with E-state index in [2.05, 4.69) is 20.3 Å². The van der Waals surface area contributed by atoms with Gasteiger partial charge >= 0.3 is 6.01 Å². The smallest absolute Gasteiger partial charge is 0.319 e. The fraction of sp³-hybridized carbons (Fsp3) is 0.452. The van der Waals surface area contributed by atoms with E-state index in [4.69, 9.17) is 9.47 Å². The van der Waals surface area contributed by atoms with E-state index in [9.17, 15) is 14.6 Å². The maximum atomic E-state index is 16.5. The number of phenols is 1. The van der Waals surface area contributed by atoms with Gasteiger partial charge in [-0.15, -0.1) is 0 Å². The quantitative estimate of drug-likeness (QED) is 0.308. The standard InChI is InChI=1S/C31H32F3N5O4/c32-22-5-4-17-11-18(40)12-20(24(17)25(22)33)27-26(34)28-21(13-36-27)29(39-9-10-42-15-19(41)14-39)38-30(37-28)43-16-31-6-1-3-23(31)35-8-2-7-31/h4-5,11-13,19,23,35,40-41H,1-3,6-10,14-16H2. The number of aromatic hydroxyl groups is 1. The number of fused-ring (bicyclic) bond motifs is 3. The van der Waals surface area contributed by atoms with Crippen molar-refractivity contribution >= 4 is 27.5 Å². The van der Waals surface area contributed by atoms with E-state index >= 15 is 8.78 Å². The Balaban J connectivity index is 1.37. The van der Waals surface area contributed by atoms with Crippen molar-refractivity contribution < 1.29 is 32.9 Å². The fourth-order valence-corrected chi connectivity index (χ4v) is 6.99. The number of aliphatic hydroxyl groups excluding tert-OH is 1. The monoisotopic (exact) mass is 595 g/mol. The number of phenolic OH excluding ortho intramolecular Hbond substituents is 1. The van der Waals surface area contributed by atoms with Crippen LogP contribution in [0.4, 0.5) is 19.0 Å². The summed E-state index contributed by atoms with van der Waals surface area (Å²) in [5, 5.41) is 24.6. The van der Waals surface area contributed by atoms with Crippen molar-refractivity contribution in [3.05, 3.63) is 47.9 Å². The Morgan fingerprint density at radius 2 is 1.98 bits per heavy atom. The van der Waals surface area contributed by atoms with Crippen molar-refractivity contribution in [2.24, 2.45) is 5.41 Å². The number of aliphatic hydroxyl groups is 1. The zero-order valence-electron chi connectivity index (χ0n) is 23.5. The van der Waals surface area contributed by atoms with Gasteiger partial charge in [0.1, 0.15) is 22.8 Å². The summed E-state index contributed by atoms with van der Waals surface area (Å²) in [4.78, 5) is 15.2. The topological polar surface area (TPSA) is 113 Å². The van der Waals surface area contributed by atoms with Gasteiger partial charge in [-0.05, 0) is 55.8 Å². The average molecular weight is 596 g/mol. The van der Waals surface area contributed by atoms with Crippen molar-refractivity contribution in [3.8, 4) is 23.0 Å². The molecule has 12 heteroatoms. The molecule has 1 saturated carbocycles. The molecular weight excluding hydrogens is 563 g/mol. The molecule has 0 bridgehead atoms. The first-order chi connectivity index (χ1) is 20.8. The maximum absolute atomic E-state index is 16.5. The minimum absolute atomic E-state index is 0.0261. The van der Waals surface area contributed by atoms with Gasteiger partial charge in [-0.25, -0.2) is 13.2 Å². The average Bonchev–Trinajstić information content (AvgIpc) is 3.31. The molecule has 43 heavy (non-hydrogen) atoms. The minimum atomic E-state index is -1.17. The number of ether oxygens (including phenoxy) is 2. The molecule has 3 aliphatic rings. The number of anilines is 1. The highest BCUT2D eigenvalue weighted by atomic mass is 19.2. The second-order valence-electron chi connectivity index (χ2n) is 11.8.